The van der Waals surface area contributed by atoms with Gasteiger partial charge in [-0.2, -0.15) is 0 Å². The third-order valence-electron chi connectivity index (χ3n) is 3.46. The Balaban J connectivity index is 2.11. The Labute approximate surface area is 120 Å². The van der Waals surface area contributed by atoms with Crippen LogP contribution in [0.3, 0.4) is 0 Å². The Morgan fingerprint density at radius 3 is 2.14 bits per heavy atom. The molecule has 7 heteroatoms. The second-order valence-electron chi connectivity index (χ2n) is 4.80. The van der Waals surface area contributed by atoms with Gasteiger partial charge < -0.3 is 14.9 Å². The minimum atomic E-state index is -1.25. The second-order valence-corrected chi connectivity index (χ2v) is 4.80. The number of nitrogens with zero attached hydrogens (tertiary/aromatic N) is 2. The molecule has 0 aliphatic carbocycles. The van der Waals surface area contributed by atoms with Gasteiger partial charge in [-0.1, -0.05) is 0 Å². The predicted octanol–water partition coefficient (Wildman–Crippen LogP) is 0.828. The Bertz CT molecular complexity index is 595. The number of amides is 2. The van der Waals surface area contributed by atoms with E-state index in [0.29, 0.717) is 26.2 Å². The molecule has 2 amide bonds. The number of benzene rings is 1. The topological polar surface area (TPSA) is 77.9 Å². The molecule has 0 aromatic heterocycles. The van der Waals surface area contributed by atoms with E-state index in [4.69, 9.17) is 5.11 Å². The van der Waals surface area contributed by atoms with Crippen LogP contribution >= 0.6 is 0 Å². The molecule has 1 fully saturated rings. The standard InChI is InChI=1S/C14H15FN2O4/c1-9(18)16-4-6-17(7-5-16)13(19)11-3-2-10(14(20)21)8-12(11)15/h2-3,8H,4-7H2,1H3,(H,20,21). The van der Waals surface area contributed by atoms with Crippen molar-refractivity contribution < 1.29 is 23.9 Å². The van der Waals surface area contributed by atoms with E-state index in [9.17, 15) is 18.8 Å². The highest BCUT2D eigenvalue weighted by atomic mass is 19.1. The van der Waals surface area contributed by atoms with Crippen molar-refractivity contribution in [3.05, 3.63) is 35.1 Å². The molecule has 1 N–H and O–H groups in total. The van der Waals surface area contributed by atoms with Crippen molar-refractivity contribution in [1.29, 1.82) is 0 Å². The number of carbonyl (C=O) groups is 3. The van der Waals surface area contributed by atoms with Gasteiger partial charge in [-0.3, -0.25) is 9.59 Å². The van der Waals surface area contributed by atoms with Crippen LogP contribution in [0.4, 0.5) is 4.39 Å². The zero-order valence-electron chi connectivity index (χ0n) is 11.5. The fourth-order valence-corrected chi connectivity index (χ4v) is 2.22. The highest BCUT2D eigenvalue weighted by molar-refractivity contribution is 5.96. The summed E-state index contributed by atoms with van der Waals surface area (Å²) in [6.45, 7) is 2.95. The fourth-order valence-electron chi connectivity index (χ4n) is 2.22. The van der Waals surface area contributed by atoms with Crippen molar-refractivity contribution in [3.8, 4) is 0 Å². The lowest BCUT2D eigenvalue weighted by molar-refractivity contribution is -0.130. The molecule has 1 aromatic rings. The van der Waals surface area contributed by atoms with E-state index < -0.39 is 17.7 Å². The van der Waals surface area contributed by atoms with Crippen LogP contribution in [-0.2, 0) is 4.79 Å². The summed E-state index contributed by atoms with van der Waals surface area (Å²) in [5.74, 6) is -2.65. The molecular formula is C14H15FN2O4. The largest absolute Gasteiger partial charge is 0.478 e. The van der Waals surface area contributed by atoms with Gasteiger partial charge in [0.25, 0.3) is 5.91 Å². The molecule has 0 unspecified atom stereocenters. The molecule has 112 valence electrons. The second kappa shape index (κ2) is 5.90. The van der Waals surface area contributed by atoms with Crippen molar-refractivity contribution in [2.24, 2.45) is 0 Å². The van der Waals surface area contributed by atoms with Crippen molar-refractivity contribution in [1.82, 2.24) is 9.80 Å². The minimum absolute atomic E-state index is 0.0564. The molecular weight excluding hydrogens is 279 g/mol. The maximum absolute atomic E-state index is 13.8. The normalized spacial score (nSPS) is 15.0. The first kappa shape index (κ1) is 15.0. The molecule has 1 aliphatic heterocycles. The lowest BCUT2D eigenvalue weighted by Gasteiger charge is -2.34. The molecule has 6 nitrogen and oxygen atoms in total. The maximum Gasteiger partial charge on any atom is 0.335 e. The quantitative estimate of drug-likeness (QED) is 0.876. The summed E-state index contributed by atoms with van der Waals surface area (Å²) in [7, 11) is 0. The van der Waals surface area contributed by atoms with Gasteiger partial charge in [0.05, 0.1) is 11.1 Å². The average molecular weight is 294 g/mol. The number of carbonyl (C=O) groups excluding carboxylic acids is 2. The lowest BCUT2D eigenvalue weighted by Crippen LogP contribution is -2.50. The molecule has 1 saturated heterocycles. The van der Waals surface area contributed by atoms with E-state index in [-0.39, 0.29) is 17.0 Å². The van der Waals surface area contributed by atoms with E-state index in [2.05, 4.69) is 0 Å². The molecule has 0 spiro atoms. The highest BCUT2D eigenvalue weighted by Crippen LogP contribution is 2.15. The Morgan fingerprint density at radius 2 is 1.67 bits per heavy atom. The Hall–Kier alpha value is -2.44. The average Bonchev–Trinajstić information content (AvgIpc) is 2.46. The number of halogens is 1. The fraction of sp³-hybridized carbons (Fsp3) is 0.357. The molecule has 2 rings (SSSR count). The van der Waals surface area contributed by atoms with E-state index in [1.807, 2.05) is 0 Å². The van der Waals surface area contributed by atoms with Crippen LogP contribution in [0.1, 0.15) is 27.6 Å². The van der Waals surface area contributed by atoms with Crippen LogP contribution in [0, 0.1) is 5.82 Å². The van der Waals surface area contributed by atoms with E-state index in [1.165, 1.54) is 24.0 Å². The Morgan fingerprint density at radius 1 is 1.10 bits per heavy atom. The van der Waals surface area contributed by atoms with Gasteiger partial charge in [0.15, 0.2) is 0 Å². The third kappa shape index (κ3) is 3.18. The first-order valence-electron chi connectivity index (χ1n) is 6.48. The first-order chi connectivity index (χ1) is 9.90. The van der Waals surface area contributed by atoms with Crippen LogP contribution in [0.5, 0.6) is 0 Å². The SMILES string of the molecule is CC(=O)N1CCN(C(=O)c2ccc(C(=O)O)cc2F)CC1. The van der Waals surface area contributed by atoms with Gasteiger partial charge in [-0.15, -0.1) is 0 Å². The summed E-state index contributed by atoms with van der Waals surface area (Å²) in [5.41, 5.74) is -0.360. The summed E-state index contributed by atoms with van der Waals surface area (Å²) >= 11 is 0. The number of carboxylic acid groups (broad SMARTS) is 1. The van der Waals surface area contributed by atoms with Crippen LogP contribution in [0.2, 0.25) is 0 Å². The van der Waals surface area contributed by atoms with E-state index >= 15 is 0 Å². The van der Waals surface area contributed by atoms with Crippen LogP contribution < -0.4 is 0 Å². The van der Waals surface area contributed by atoms with Gasteiger partial charge in [0.1, 0.15) is 5.82 Å². The minimum Gasteiger partial charge on any atom is -0.478 e. The maximum atomic E-state index is 13.8. The highest BCUT2D eigenvalue weighted by Gasteiger charge is 2.25. The lowest BCUT2D eigenvalue weighted by atomic mass is 10.1. The van der Waals surface area contributed by atoms with Gasteiger partial charge in [-0.05, 0) is 18.2 Å². The van der Waals surface area contributed by atoms with Crippen molar-refractivity contribution >= 4 is 17.8 Å². The van der Waals surface area contributed by atoms with Crippen molar-refractivity contribution in [2.75, 3.05) is 26.2 Å². The van der Waals surface area contributed by atoms with Gasteiger partial charge in [0, 0.05) is 33.1 Å². The first-order valence-corrected chi connectivity index (χ1v) is 6.48. The monoisotopic (exact) mass is 294 g/mol. The number of hydrogen-bond acceptors (Lipinski definition) is 3. The van der Waals surface area contributed by atoms with Crippen LogP contribution in [0.15, 0.2) is 18.2 Å². The molecule has 0 atom stereocenters. The number of aromatic carboxylic acids is 1. The van der Waals surface area contributed by atoms with Crippen molar-refractivity contribution in [3.63, 3.8) is 0 Å². The number of piperazine rings is 1. The van der Waals surface area contributed by atoms with Gasteiger partial charge in [-0.25, -0.2) is 9.18 Å². The van der Waals surface area contributed by atoms with E-state index in [0.717, 1.165) is 6.07 Å². The zero-order chi connectivity index (χ0) is 15.6. The van der Waals surface area contributed by atoms with Crippen LogP contribution in [0.25, 0.3) is 0 Å². The third-order valence-corrected chi connectivity index (χ3v) is 3.46. The zero-order valence-corrected chi connectivity index (χ0v) is 11.5. The van der Waals surface area contributed by atoms with E-state index in [1.54, 1.807) is 4.90 Å². The number of carboxylic acids is 1. The number of hydrogen-bond donors (Lipinski definition) is 1. The van der Waals surface area contributed by atoms with Crippen LogP contribution in [-0.4, -0.2) is 58.9 Å². The number of rotatable bonds is 2. The summed E-state index contributed by atoms with van der Waals surface area (Å²) in [6.07, 6.45) is 0. The molecule has 1 aliphatic rings. The van der Waals surface area contributed by atoms with Gasteiger partial charge >= 0.3 is 5.97 Å². The van der Waals surface area contributed by atoms with Gasteiger partial charge in [0.2, 0.25) is 5.91 Å². The molecule has 0 bridgehead atoms. The predicted molar refractivity (Wildman–Crippen MR) is 71.5 cm³/mol. The molecule has 1 aromatic carbocycles. The molecule has 0 saturated carbocycles. The molecule has 21 heavy (non-hydrogen) atoms. The smallest absolute Gasteiger partial charge is 0.335 e. The summed E-state index contributed by atoms with van der Waals surface area (Å²) in [4.78, 5) is 37.2. The van der Waals surface area contributed by atoms with Crippen molar-refractivity contribution in [2.45, 2.75) is 6.92 Å². The molecule has 0 radical (unpaired) electrons. The summed E-state index contributed by atoms with van der Waals surface area (Å²) in [6, 6.07) is 3.21. The molecule has 1 heterocycles. The summed E-state index contributed by atoms with van der Waals surface area (Å²) in [5, 5.41) is 8.77. The Kier molecular flexibility index (Phi) is 4.21. The summed E-state index contributed by atoms with van der Waals surface area (Å²) < 4.78 is 13.8.